The molecule has 3 rings (SSSR count). The Morgan fingerprint density at radius 2 is 1.54 bits per heavy atom. The van der Waals surface area contributed by atoms with Crippen LogP contribution in [-0.2, 0) is 9.47 Å². The van der Waals surface area contributed by atoms with E-state index in [9.17, 15) is 19.5 Å². The van der Waals surface area contributed by atoms with E-state index in [4.69, 9.17) is 9.47 Å². The van der Waals surface area contributed by atoms with E-state index in [0.29, 0.717) is 26.5 Å². The van der Waals surface area contributed by atoms with Crippen LogP contribution in [0.2, 0.25) is 0 Å². The zero-order valence-corrected chi connectivity index (χ0v) is 21.3. The van der Waals surface area contributed by atoms with Crippen LogP contribution in [0.5, 0.6) is 0 Å². The summed E-state index contributed by atoms with van der Waals surface area (Å²) in [6.45, 7) is 10.1. The van der Waals surface area contributed by atoms with Gasteiger partial charge in [-0.05, 0) is 59.2 Å². The molecule has 0 unspecified atom stereocenters. The van der Waals surface area contributed by atoms with Gasteiger partial charge in [0.1, 0.15) is 17.5 Å². The lowest BCUT2D eigenvalue weighted by atomic mass is 10.1. The number of carboxylic acid groups (broad SMARTS) is 1. The summed E-state index contributed by atoms with van der Waals surface area (Å²) in [5.74, 6) is -0.00672. The molecular weight excluding hydrogens is 474 g/mol. The number of amides is 3. The number of fused-ring (bicyclic) bond motifs is 1. The van der Waals surface area contributed by atoms with Gasteiger partial charge in [0.25, 0.3) is 0 Å². The Hall–Kier alpha value is -3.80. The summed E-state index contributed by atoms with van der Waals surface area (Å²) in [5, 5.41) is 9.89. The number of hydrogen-bond acceptors (Lipinski definition) is 9. The molecule has 0 saturated heterocycles. The van der Waals surface area contributed by atoms with Gasteiger partial charge in [-0.15, -0.1) is 0 Å². The number of carbonyl (C=O) groups is 3. The van der Waals surface area contributed by atoms with Crippen molar-refractivity contribution in [2.45, 2.75) is 52.7 Å². The molecule has 0 aliphatic carbocycles. The molecule has 11 nitrogen and oxygen atoms in total. The Bertz CT molecular complexity index is 1250. The van der Waals surface area contributed by atoms with Crippen molar-refractivity contribution in [3.05, 3.63) is 30.7 Å². The quantitative estimate of drug-likeness (QED) is 0.490. The highest BCUT2D eigenvalue weighted by Crippen LogP contribution is 2.34. The van der Waals surface area contributed by atoms with Crippen molar-refractivity contribution in [3.8, 4) is 10.4 Å². The molecule has 0 spiro atoms. The second kappa shape index (κ2) is 9.45. The number of nitrogens with zero attached hydrogens (tertiary/aromatic N) is 5. The van der Waals surface area contributed by atoms with E-state index < -0.39 is 29.5 Å². The van der Waals surface area contributed by atoms with Crippen LogP contribution >= 0.6 is 11.3 Å². The van der Waals surface area contributed by atoms with E-state index in [0.717, 1.165) is 9.80 Å². The van der Waals surface area contributed by atoms with Crippen molar-refractivity contribution in [2.24, 2.45) is 0 Å². The summed E-state index contributed by atoms with van der Waals surface area (Å²) in [7, 11) is 1.40. The van der Waals surface area contributed by atoms with Gasteiger partial charge in [-0.2, -0.15) is 4.90 Å². The molecule has 0 atom stereocenters. The molecule has 2 heterocycles. The van der Waals surface area contributed by atoms with E-state index in [1.807, 2.05) is 0 Å². The van der Waals surface area contributed by atoms with Crippen LogP contribution in [0.15, 0.2) is 30.7 Å². The van der Waals surface area contributed by atoms with Gasteiger partial charge in [-0.3, -0.25) is 4.90 Å². The maximum absolute atomic E-state index is 13.1. The van der Waals surface area contributed by atoms with Crippen molar-refractivity contribution >= 4 is 51.5 Å². The van der Waals surface area contributed by atoms with Crippen molar-refractivity contribution in [1.82, 2.24) is 15.0 Å². The van der Waals surface area contributed by atoms with Gasteiger partial charge in [0, 0.05) is 18.6 Å². The molecule has 3 aromatic rings. The lowest BCUT2D eigenvalue weighted by Crippen LogP contribution is -2.44. The number of thiazole rings is 1. The van der Waals surface area contributed by atoms with Crippen LogP contribution in [0.4, 0.5) is 25.3 Å². The van der Waals surface area contributed by atoms with Gasteiger partial charge in [-0.25, -0.2) is 29.3 Å². The predicted octanol–water partition coefficient (Wildman–Crippen LogP) is 5.54. The molecule has 0 bridgehead atoms. The summed E-state index contributed by atoms with van der Waals surface area (Å²) >= 11 is 1.17. The lowest BCUT2D eigenvalue weighted by Gasteiger charge is -2.28. The average molecular weight is 502 g/mol. The SMILES string of the molecule is CN(C(=O)O)c1ncc(-c2ccc3ncnc(N(C(=O)OC(C)(C)C)C(=O)OC(C)(C)C)c3c2)s1. The van der Waals surface area contributed by atoms with Crippen LogP contribution in [0, 0.1) is 0 Å². The fourth-order valence-corrected chi connectivity index (χ4v) is 3.74. The number of aromatic nitrogens is 3. The highest BCUT2D eigenvalue weighted by molar-refractivity contribution is 7.19. The van der Waals surface area contributed by atoms with Crippen LogP contribution in [0.25, 0.3) is 21.3 Å². The Labute approximate surface area is 206 Å². The van der Waals surface area contributed by atoms with E-state index in [1.165, 1.54) is 24.7 Å². The fraction of sp³-hybridized carbons (Fsp3) is 0.391. The summed E-state index contributed by atoms with van der Waals surface area (Å²) < 4.78 is 10.9. The van der Waals surface area contributed by atoms with Gasteiger partial charge in [0.05, 0.1) is 10.4 Å². The van der Waals surface area contributed by atoms with Gasteiger partial charge < -0.3 is 14.6 Å². The second-order valence-electron chi connectivity index (χ2n) is 9.57. The molecule has 0 radical (unpaired) electrons. The highest BCUT2D eigenvalue weighted by atomic mass is 32.1. The van der Waals surface area contributed by atoms with Gasteiger partial charge in [0.2, 0.25) is 0 Å². The Morgan fingerprint density at radius 1 is 0.943 bits per heavy atom. The lowest BCUT2D eigenvalue weighted by molar-refractivity contribution is 0.0429. The molecule has 186 valence electrons. The number of rotatable bonds is 3. The standard InChI is InChI=1S/C23H27N5O6S/c1-22(2,3)33-20(31)28(21(32)34-23(4,5)6)17-14-10-13(8-9-15(14)25-12-26-17)16-11-24-18(35-16)27(7)19(29)30/h8-12H,1-7H3,(H,29,30). The van der Waals surface area contributed by atoms with Gasteiger partial charge >= 0.3 is 18.3 Å². The molecule has 3 amide bonds. The van der Waals surface area contributed by atoms with Gasteiger partial charge in [-0.1, -0.05) is 17.4 Å². The molecule has 2 aromatic heterocycles. The number of benzene rings is 1. The van der Waals surface area contributed by atoms with E-state index in [2.05, 4.69) is 15.0 Å². The predicted molar refractivity (Wildman–Crippen MR) is 132 cm³/mol. The third kappa shape index (κ3) is 6.21. The first-order valence-electron chi connectivity index (χ1n) is 10.6. The monoisotopic (exact) mass is 501 g/mol. The zero-order chi connectivity index (χ0) is 26.1. The molecule has 35 heavy (non-hydrogen) atoms. The minimum Gasteiger partial charge on any atom is -0.465 e. The van der Waals surface area contributed by atoms with E-state index in [1.54, 1.807) is 65.9 Å². The Morgan fingerprint density at radius 3 is 2.09 bits per heavy atom. The molecule has 0 saturated carbocycles. The van der Waals surface area contributed by atoms with Crippen molar-refractivity contribution in [3.63, 3.8) is 0 Å². The average Bonchev–Trinajstić information content (AvgIpc) is 3.20. The first-order valence-corrected chi connectivity index (χ1v) is 11.4. The Kier molecular flexibility index (Phi) is 6.97. The van der Waals surface area contributed by atoms with Crippen LogP contribution < -0.4 is 9.80 Å². The smallest absolute Gasteiger partial charge is 0.425 e. The number of imide groups is 1. The first kappa shape index (κ1) is 25.8. The number of hydrogen-bond donors (Lipinski definition) is 1. The molecule has 12 heteroatoms. The van der Waals surface area contributed by atoms with Crippen molar-refractivity contribution in [2.75, 3.05) is 16.8 Å². The largest absolute Gasteiger partial charge is 0.465 e. The summed E-state index contributed by atoms with van der Waals surface area (Å²) in [6, 6.07) is 5.19. The number of carbonyl (C=O) groups excluding carboxylic acids is 2. The topological polar surface area (TPSA) is 135 Å². The zero-order valence-electron chi connectivity index (χ0n) is 20.5. The fourth-order valence-electron chi connectivity index (χ4n) is 2.87. The Balaban J connectivity index is 2.13. The first-order chi connectivity index (χ1) is 16.2. The molecule has 0 aliphatic rings. The van der Waals surface area contributed by atoms with E-state index >= 15 is 0 Å². The van der Waals surface area contributed by atoms with Crippen LogP contribution in [0.1, 0.15) is 41.5 Å². The van der Waals surface area contributed by atoms with Crippen LogP contribution in [-0.4, -0.2) is 56.6 Å². The summed E-state index contributed by atoms with van der Waals surface area (Å²) in [5.41, 5.74) is -0.603. The minimum absolute atomic E-state index is 0.00672. The minimum atomic E-state index is -1.13. The summed E-state index contributed by atoms with van der Waals surface area (Å²) in [4.78, 5) is 52.5. The molecular formula is C23H27N5O6S. The normalized spacial score (nSPS) is 11.7. The van der Waals surface area contributed by atoms with Crippen LogP contribution in [0.3, 0.4) is 0 Å². The molecule has 0 aliphatic heterocycles. The number of anilines is 2. The van der Waals surface area contributed by atoms with Crippen molar-refractivity contribution < 1.29 is 29.0 Å². The number of ether oxygens (including phenoxy) is 2. The third-order valence-electron chi connectivity index (χ3n) is 4.33. The summed E-state index contributed by atoms with van der Waals surface area (Å²) in [6.07, 6.45) is -0.235. The van der Waals surface area contributed by atoms with E-state index in [-0.39, 0.29) is 5.82 Å². The maximum Gasteiger partial charge on any atom is 0.425 e. The molecule has 0 fully saturated rings. The maximum atomic E-state index is 13.1. The molecule has 1 N–H and O–H groups in total. The van der Waals surface area contributed by atoms with Crippen molar-refractivity contribution in [1.29, 1.82) is 0 Å². The van der Waals surface area contributed by atoms with Gasteiger partial charge in [0.15, 0.2) is 10.9 Å². The third-order valence-corrected chi connectivity index (χ3v) is 5.45. The molecule has 1 aromatic carbocycles. The highest BCUT2D eigenvalue weighted by Gasteiger charge is 2.34. The second-order valence-corrected chi connectivity index (χ2v) is 10.6.